The van der Waals surface area contributed by atoms with E-state index in [4.69, 9.17) is 15.8 Å². The zero-order valence-electron chi connectivity index (χ0n) is 12.0. The maximum absolute atomic E-state index is 11.7. The summed E-state index contributed by atoms with van der Waals surface area (Å²) in [6, 6.07) is 7.81. The number of anilines is 1. The fraction of sp³-hybridized carbons (Fsp3) is 0.154. The van der Waals surface area contributed by atoms with Crippen LogP contribution < -0.4 is 5.32 Å². The van der Waals surface area contributed by atoms with Gasteiger partial charge in [0.1, 0.15) is 23.9 Å². The van der Waals surface area contributed by atoms with Crippen molar-refractivity contribution in [1.82, 2.24) is 0 Å². The maximum atomic E-state index is 11.7. The number of rotatable bonds is 4. The van der Waals surface area contributed by atoms with Crippen molar-refractivity contribution in [1.29, 1.82) is 15.8 Å². The second-order valence-electron chi connectivity index (χ2n) is 4.45. The first-order valence-corrected chi connectivity index (χ1v) is 9.58. The Morgan fingerprint density at radius 1 is 0.870 bits per heavy atom. The Kier molecular flexibility index (Phi) is 5.13. The zero-order valence-corrected chi connectivity index (χ0v) is 13.7. The van der Waals surface area contributed by atoms with Crippen LogP contribution >= 0.6 is 0 Å². The molecule has 8 nitrogen and oxygen atoms in total. The van der Waals surface area contributed by atoms with Crippen LogP contribution in [-0.4, -0.2) is 29.3 Å². The Morgan fingerprint density at radius 3 is 1.61 bits per heavy atom. The lowest BCUT2D eigenvalue weighted by Crippen LogP contribution is -2.06. The largest absolute Gasteiger partial charge is 0.345 e. The van der Waals surface area contributed by atoms with E-state index in [0.29, 0.717) is 0 Å². The Morgan fingerprint density at radius 2 is 1.30 bits per heavy atom. The normalized spacial score (nSPS) is 10.7. The van der Waals surface area contributed by atoms with Crippen LogP contribution in [0.2, 0.25) is 0 Å². The van der Waals surface area contributed by atoms with Crippen LogP contribution in [0.5, 0.6) is 0 Å². The fourth-order valence-corrected chi connectivity index (χ4v) is 2.94. The molecule has 0 aliphatic carbocycles. The molecule has 0 spiro atoms. The summed E-state index contributed by atoms with van der Waals surface area (Å²) >= 11 is 0. The summed E-state index contributed by atoms with van der Waals surface area (Å²) in [5.74, 6) is 0. The maximum Gasteiger partial charge on any atom is 0.175 e. The molecule has 1 rings (SSSR count). The van der Waals surface area contributed by atoms with E-state index in [0.717, 1.165) is 30.7 Å². The molecular weight excluding hydrogens is 340 g/mol. The molecule has 0 amide bonds. The summed E-state index contributed by atoms with van der Waals surface area (Å²) in [7, 11) is -7.43. The third-order valence-electron chi connectivity index (χ3n) is 2.59. The number of nitrogens with one attached hydrogen (secondary N) is 1. The third-order valence-corrected chi connectivity index (χ3v) is 4.78. The molecule has 1 aromatic carbocycles. The van der Waals surface area contributed by atoms with Gasteiger partial charge in [-0.3, -0.25) is 0 Å². The molecule has 10 heteroatoms. The van der Waals surface area contributed by atoms with Gasteiger partial charge in [-0.15, -0.1) is 0 Å². The standard InChI is InChI=1S/C13H10N4O4S2/c1-22(18,19)11-3-10(4-12(5-11)23(2,20)21)17-13(8-16)9(6-14)7-15/h3-5,17H,1-2H3. The first-order valence-electron chi connectivity index (χ1n) is 5.79. The minimum absolute atomic E-state index is 0.0482. The lowest BCUT2D eigenvalue weighted by atomic mass is 10.2. The summed E-state index contributed by atoms with van der Waals surface area (Å²) < 4.78 is 46.6. The van der Waals surface area contributed by atoms with Crippen LogP contribution in [0.1, 0.15) is 0 Å². The number of allylic oxidation sites excluding steroid dienone is 2. The van der Waals surface area contributed by atoms with Crippen LogP contribution in [0.4, 0.5) is 5.69 Å². The first kappa shape index (κ1) is 18.2. The second kappa shape index (κ2) is 6.49. The molecule has 0 heterocycles. The van der Waals surface area contributed by atoms with Crippen molar-refractivity contribution in [3.8, 4) is 18.2 Å². The van der Waals surface area contributed by atoms with Crippen molar-refractivity contribution in [3.63, 3.8) is 0 Å². The van der Waals surface area contributed by atoms with Gasteiger partial charge in [0.2, 0.25) is 0 Å². The van der Waals surface area contributed by atoms with E-state index in [-0.39, 0.29) is 15.5 Å². The molecule has 23 heavy (non-hydrogen) atoms. The Balaban J connectivity index is 3.63. The highest BCUT2D eigenvalue weighted by Gasteiger charge is 2.16. The van der Waals surface area contributed by atoms with Gasteiger partial charge in [0.15, 0.2) is 25.2 Å². The SMILES string of the molecule is CS(=O)(=O)c1cc(NC(C#N)=C(C#N)C#N)cc(S(C)(=O)=O)c1. The molecule has 0 atom stereocenters. The molecule has 0 bridgehead atoms. The van der Waals surface area contributed by atoms with Gasteiger partial charge in [-0.05, 0) is 18.2 Å². The molecule has 1 aromatic rings. The van der Waals surface area contributed by atoms with Gasteiger partial charge < -0.3 is 5.32 Å². The van der Waals surface area contributed by atoms with E-state index in [9.17, 15) is 16.8 Å². The number of hydrogen-bond donors (Lipinski definition) is 1. The lowest BCUT2D eigenvalue weighted by molar-refractivity contribution is 0.600. The summed E-state index contributed by atoms with van der Waals surface area (Å²) in [5.41, 5.74) is -0.980. The molecule has 0 saturated heterocycles. The molecule has 0 saturated carbocycles. The number of nitrogens with zero attached hydrogens (tertiary/aromatic N) is 3. The molecule has 0 aliphatic rings. The average molecular weight is 350 g/mol. The molecule has 1 N–H and O–H groups in total. The monoisotopic (exact) mass is 350 g/mol. The van der Waals surface area contributed by atoms with Crippen molar-refractivity contribution in [2.45, 2.75) is 9.79 Å². The van der Waals surface area contributed by atoms with Gasteiger partial charge in [0.05, 0.1) is 9.79 Å². The summed E-state index contributed by atoms with van der Waals surface area (Å²) in [6.07, 6.45) is 1.80. The van der Waals surface area contributed by atoms with Gasteiger partial charge in [-0.25, -0.2) is 16.8 Å². The van der Waals surface area contributed by atoms with Gasteiger partial charge in [0, 0.05) is 18.2 Å². The predicted molar refractivity (Wildman–Crippen MR) is 80.1 cm³/mol. The Bertz CT molecular complexity index is 951. The minimum Gasteiger partial charge on any atom is -0.345 e. The fourth-order valence-electron chi connectivity index (χ4n) is 1.50. The van der Waals surface area contributed by atoms with Crippen molar-refractivity contribution >= 4 is 25.4 Å². The van der Waals surface area contributed by atoms with Crippen molar-refractivity contribution in [2.75, 3.05) is 17.8 Å². The van der Waals surface area contributed by atoms with Crippen LogP contribution in [0.15, 0.2) is 39.3 Å². The molecular formula is C13H10N4O4S2. The quantitative estimate of drug-likeness (QED) is 0.780. The van der Waals surface area contributed by atoms with Gasteiger partial charge in [0.25, 0.3) is 0 Å². The summed E-state index contributed by atoms with van der Waals surface area (Å²) in [6.45, 7) is 0. The van der Waals surface area contributed by atoms with Crippen LogP contribution in [0.25, 0.3) is 0 Å². The van der Waals surface area contributed by atoms with Crippen molar-refractivity contribution in [3.05, 3.63) is 29.5 Å². The predicted octanol–water partition coefficient (Wildman–Crippen LogP) is 0.730. The highest BCUT2D eigenvalue weighted by molar-refractivity contribution is 7.91. The highest BCUT2D eigenvalue weighted by atomic mass is 32.2. The number of benzene rings is 1. The zero-order chi connectivity index (χ0) is 17.8. The lowest BCUT2D eigenvalue weighted by Gasteiger charge is -2.09. The van der Waals surface area contributed by atoms with E-state index < -0.39 is 30.9 Å². The molecule has 0 aromatic heterocycles. The van der Waals surface area contributed by atoms with E-state index in [1.165, 1.54) is 12.1 Å². The summed E-state index contributed by atoms with van der Waals surface area (Å²) in [4.78, 5) is -0.564. The van der Waals surface area contributed by atoms with Crippen LogP contribution in [0, 0.1) is 34.0 Å². The summed E-state index contributed by atoms with van der Waals surface area (Å²) in [5, 5.41) is 28.9. The number of sulfone groups is 2. The second-order valence-corrected chi connectivity index (χ2v) is 8.48. The minimum atomic E-state index is -3.72. The van der Waals surface area contributed by atoms with Gasteiger partial charge >= 0.3 is 0 Å². The molecule has 0 unspecified atom stereocenters. The van der Waals surface area contributed by atoms with Gasteiger partial charge in [-0.2, -0.15) is 15.8 Å². The van der Waals surface area contributed by atoms with E-state index in [1.807, 2.05) is 0 Å². The van der Waals surface area contributed by atoms with Gasteiger partial charge in [-0.1, -0.05) is 0 Å². The highest BCUT2D eigenvalue weighted by Crippen LogP contribution is 2.23. The van der Waals surface area contributed by atoms with Crippen LogP contribution in [0.3, 0.4) is 0 Å². The molecule has 0 radical (unpaired) electrons. The smallest absolute Gasteiger partial charge is 0.175 e. The topological polar surface area (TPSA) is 152 Å². The average Bonchev–Trinajstić information content (AvgIpc) is 2.45. The molecule has 0 aliphatic heterocycles. The number of hydrogen-bond acceptors (Lipinski definition) is 8. The van der Waals surface area contributed by atoms with E-state index in [1.54, 1.807) is 6.07 Å². The first-order chi connectivity index (χ1) is 10.5. The Labute approximate surface area is 133 Å². The third kappa shape index (κ3) is 4.55. The number of nitriles is 3. The van der Waals surface area contributed by atoms with Crippen molar-refractivity contribution in [2.24, 2.45) is 0 Å². The van der Waals surface area contributed by atoms with E-state index in [2.05, 4.69) is 5.32 Å². The molecule has 118 valence electrons. The van der Waals surface area contributed by atoms with Crippen LogP contribution in [-0.2, 0) is 19.7 Å². The Hall–Kier alpha value is -2.87. The van der Waals surface area contributed by atoms with Crippen molar-refractivity contribution < 1.29 is 16.8 Å². The molecule has 0 fully saturated rings. The van der Waals surface area contributed by atoms with E-state index >= 15 is 0 Å².